The van der Waals surface area contributed by atoms with Crippen molar-refractivity contribution in [2.75, 3.05) is 0 Å². The van der Waals surface area contributed by atoms with Gasteiger partial charge in [0.1, 0.15) is 4.34 Å². The zero-order valence-electron chi connectivity index (χ0n) is 12.8. The first-order valence-electron chi connectivity index (χ1n) is 6.80. The highest BCUT2D eigenvalue weighted by Gasteiger charge is 2.15. The van der Waals surface area contributed by atoms with Crippen LogP contribution in [-0.2, 0) is 12.8 Å². The van der Waals surface area contributed by atoms with Crippen molar-refractivity contribution in [3.05, 3.63) is 37.4 Å². The lowest BCUT2D eigenvalue weighted by atomic mass is 10.1. The minimum atomic E-state index is 0.0847. The third-order valence-electron chi connectivity index (χ3n) is 2.76. The van der Waals surface area contributed by atoms with Gasteiger partial charge in [0.25, 0.3) is 0 Å². The predicted octanol–water partition coefficient (Wildman–Crippen LogP) is 7.41. The minimum absolute atomic E-state index is 0.0847. The Morgan fingerprint density at radius 3 is 1.58 bits per heavy atom. The lowest BCUT2D eigenvalue weighted by Crippen LogP contribution is -2.17. The van der Waals surface area contributed by atoms with Gasteiger partial charge >= 0.3 is 0 Å². The van der Waals surface area contributed by atoms with Gasteiger partial charge in [-0.3, -0.25) is 0 Å². The summed E-state index contributed by atoms with van der Waals surface area (Å²) in [6.07, 6.45) is 1.47. The van der Waals surface area contributed by atoms with Crippen LogP contribution in [-0.4, -0.2) is 12.1 Å². The van der Waals surface area contributed by atoms with Crippen molar-refractivity contribution in [3.63, 3.8) is 0 Å². The maximum atomic E-state index is 5.98. The second-order valence-electron chi connectivity index (χ2n) is 5.25. The van der Waals surface area contributed by atoms with Crippen molar-refractivity contribution in [2.24, 2.45) is 11.5 Å². The largest absolute Gasteiger partial charge is 0.328 e. The molecule has 2 heterocycles. The molecule has 2 unspecified atom stereocenters. The van der Waals surface area contributed by atoms with E-state index in [2.05, 4.69) is 31.9 Å². The molecule has 0 aliphatic rings. The Kier molecular flexibility index (Phi) is 10.5. The van der Waals surface area contributed by atoms with Crippen LogP contribution >= 0.6 is 101 Å². The minimum Gasteiger partial charge on any atom is -0.328 e. The molecule has 136 valence electrons. The molecule has 0 saturated carbocycles. The van der Waals surface area contributed by atoms with E-state index in [1.807, 2.05) is 13.8 Å². The summed E-state index contributed by atoms with van der Waals surface area (Å²) in [5, 5.41) is 1.33. The van der Waals surface area contributed by atoms with Crippen LogP contribution in [0.15, 0.2) is 7.57 Å². The van der Waals surface area contributed by atoms with Crippen LogP contribution in [0.25, 0.3) is 0 Å². The van der Waals surface area contributed by atoms with Crippen molar-refractivity contribution in [3.8, 4) is 0 Å². The molecule has 0 spiro atoms. The van der Waals surface area contributed by atoms with Crippen LogP contribution in [0, 0.1) is 0 Å². The van der Waals surface area contributed by atoms with Gasteiger partial charge in [-0.15, -0.1) is 22.7 Å². The van der Waals surface area contributed by atoms with Crippen molar-refractivity contribution >= 4 is 101 Å². The van der Waals surface area contributed by atoms with E-state index in [9.17, 15) is 0 Å². The van der Waals surface area contributed by atoms with Gasteiger partial charge in [-0.1, -0.05) is 46.4 Å². The lowest BCUT2D eigenvalue weighted by Gasteiger charge is -2.03. The number of thiophene rings is 2. The van der Waals surface area contributed by atoms with Gasteiger partial charge in [0.2, 0.25) is 0 Å². The molecular formula is C14H16Br2Cl4N2S2. The molecule has 2 rings (SSSR count). The fourth-order valence-electron chi connectivity index (χ4n) is 1.76. The molecule has 0 radical (unpaired) electrons. The van der Waals surface area contributed by atoms with E-state index in [0.717, 1.165) is 35.9 Å². The molecule has 0 aromatic carbocycles. The monoisotopic (exact) mass is 574 g/mol. The highest BCUT2D eigenvalue weighted by Crippen LogP contribution is 2.41. The molecule has 10 heteroatoms. The molecule has 4 N–H and O–H groups in total. The number of hydrogen-bond donors (Lipinski definition) is 2. The van der Waals surface area contributed by atoms with E-state index in [4.69, 9.17) is 57.9 Å². The van der Waals surface area contributed by atoms with E-state index in [1.54, 1.807) is 0 Å². The number of nitrogens with two attached hydrogens (primary N) is 2. The van der Waals surface area contributed by atoms with Crippen molar-refractivity contribution in [1.29, 1.82) is 0 Å². The Balaban J connectivity index is 0.000000240. The zero-order chi connectivity index (χ0) is 18.6. The molecule has 2 nitrogen and oxygen atoms in total. The van der Waals surface area contributed by atoms with E-state index >= 15 is 0 Å². The quantitative estimate of drug-likeness (QED) is 0.397. The van der Waals surface area contributed by atoms with Crippen LogP contribution in [0.1, 0.15) is 25.0 Å². The highest BCUT2D eigenvalue weighted by atomic mass is 79.9. The standard InChI is InChI=1S/2C7H8BrCl2NS/c1-3(11)2-4-5(9)6(8)12-7(4)10;1-3(11)2-4-5(9)7(10)12-6(4)8/h2*3H,2,11H2,1H3. The maximum Gasteiger partial charge on any atom is 0.113 e. The van der Waals surface area contributed by atoms with Gasteiger partial charge in [0.05, 0.1) is 22.0 Å². The van der Waals surface area contributed by atoms with Gasteiger partial charge in [-0.05, 0) is 64.1 Å². The third kappa shape index (κ3) is 6.87. The Labute approximate surface area is 187 Å². The summed E-state index contributed by atoms with van der Waals surface area (Å²) in [5.74, 6) is 0. The first kappa shape index (κ1) is 23.5. The third-order valence-corrected chi connectivity index (χ3v) is 8.49. The van der Waals surface area contributed by atoms with Crippen molar-refractivity contribution < 1.29 is 0 Å². The summed E-state index contributed by atoms with van der Waals surface area (Å²) in [7, 11) is 0. The number of hydrogen-bond acceptors (Lipinski definition) is 4. The number of rotatable bonds is 4. The van der Waals surface area contributed by atoms with E-state index in [-0.39, 0.29) is 12.1 Å². The van der Waals surface area contributed by atoms with E-state index in [0.29, 0.717) is 14.4 Å². The Bertz CT molecular complexity index is 629. The second-order valence-corrected chi connectivity index (χ2v) is 11.9. The molecule has 2 aromatic heterocycles. The van der Waals surface area contributed by atoms with Gasteiger partial charge in [-0.25, -0.2) is 0 Å². The molecule has 0 amide bonds. The van der Waals surface area contributed by atoms with Crippen LogP contribution in [0.3, 0.4) is 0 Å². The molecule has 2 atom stereocenters. The first-order chi connectivity index (χ1) is 11.0. The average molecular weight is 578 g/mol. The maximum absolute atomic E-state index is 5.98. The average Bonchev–Trinajstić information content (AvgIpc) is 2.83. The van der Waals surface area contributed by atoms with E-state index in [1.165, 1.54) is 22.7 Å². The molecular weight excluding hydrogens is 562 g/mol. The highest BCUT2D eigenvalue weighted by molar-refractivity contribution is 9.11. The SMILES string of the molecule is CC(N)Cc1c(Br)sc(Cl)c1Cl.CC(N)Cc1c(Cl)sc(Br)c1Cl. The van der Waals surface area contributed by atoms with Gasteiger partial charge in [0, 0.05) is 17.6 Å². The van der Waals surface area contributed by atoms with Crippen LogP contribution in [0.4, 0.5) is 0 Å². The fraction of sp³-hybridized carbons (Fsp3) is 0.429. The van der Waals surface area contributed by atoms with Crippen molar-refractivity contribution in [1.82, 2.24) is 0 Å². The van der Waals surface area contributed by atoms with Crippen LogP contribution < -0.4 is 11.5 Å². The Morgan fingerprint density at radius 1 is 0.792 bits per heavy atom. The smallest absolute Gasteiger partial charge is 0.113 e. The molecule has 2 aromatic rings. The number of halogens is 6. The summed E-state index contributed by atoms with van der Waals surface area (Å²) in [6.45, 7) is 3.87. The van der Waals surface area contributed by atoms with Gasteiger partial charge in [0.15, 0.2) is 0 Å². The first-order valence-corrected chi connectivity index (χ1v) is 11.5. The topological polar surface area (TPSA) is 52.0 Å². The Hall–Kier alpha value is 1.44. The summed E-state index contributed by atoms with van der Waals surface area (Å²) in [4.78, 5) is 0. The lowest BCUT2D eigenvalue weighted by molar-refractivity contribution is 0.738. The Morgan fingerprint density at radius 2 is 1.25 bits per heavy atom. The second kappa shape index (κ2) is 10.7. The molecule has 0 aliphatic heterocycles. The fourth-order valence-corrected chi connectivity index (χ4v) is 6.85. The summed E-state index contributed by atoms with van der Waals surface area (Å²) in [5.41, 5.74) is 13.3. The molecule has 0 aliphatic carbocycles. The van der Waals surface area contributed by atoms with Gasteiger partial charge in [-0.2, -0.15) is 0 Å². The molecule has 0 saturated heterocycles. The molecule has 0 fully saturated rings. The molecule has 24 heavy (non-hydrogen) atoms. The van der Waals surface area contributed by atoms with E-state index < -0.39 is 0 Å². The van der Waals surface area contributed by atoms with Gasteiger partial charge < -0.3 is 11.5 Å². The summed E-state index contributed by atoms with van der Waals surface area (Å²) in [6, 6.07) is 0.186. The van der Waals surface area contributed by atoms with Crippen LogP contribution in [0.2, 0.25) is 18.7 Å². The van der Waals surface area contributed by atoms with Crippen LogP contribution in [0.5, 0.6) is 0 Å². The summed E-state index contributed by atoms with van der Waals surface area (Å²) < 4.78 is 3.21. The normalized spacial score (nSPS) is 13.4. The van der Waals surface area contributed by atoms with Crippen molar-refractivity contribution in [2.45, 2.75) is 38.8 Å². The predicted molar refractivity (Wildman–Crippen MR) is 119 cm³/mol. The zero-order valence-corrected chi connectivity index (χ0v) is 20.6. The summed E-state index contributed by atoms with van der Waals surface area (Å²) >= 11 is 33.3. The molecule has 0 bridgehead atoms.